The summed E-state index contributed by atoms with van der Waals surface area (Å²) in [7, 11) is 0. The van der Waals surface area contributed by atoms with E-state index in [0.717, 1.165) is 0 Å². The summed E-state index contributed by atoms with van der Waals surface area (Å²) >= 11 is 0. The molecule has 0 aromatic carbocycles. The Hall–Kier alpha value is -1.67. The maximum Gasteiger partial charge on any atom is 3.00 e. The fourth-order valence-electron chi connectivity index (χ4n) is 0.539. The van der Waals surface area contributed by atoms with Gasteiger partial charge in [-0.2, -0.15) is 0 Å². The number of allylic oxidation sites excluding steroid dienone is 8. The molecule has 105 valence electrons. The number of ketones is 2. The molecule has 0 amide bonds. The molecule has 0 atom stereocenters. The van der Waals surface area contributed by atoms with Gasteiger partial charge >= 0.3 is 19.5 Å². The van der Waals surface area contributed by atoms with E-state index in [0.29, 0.717) is 0 Å². The zero-order chi connectivity index (χ0) is 14.8. The molecule has 0 aliphatic heterocycles. The summed E-state index contributed by atoms with van der Waals surface area (Å²) in [5.41, 5.74) is 0. The molecule has 0 aliphatic rings. The van der Waals surface area contributed by atoms with Crippen molar-refractivity contribution in [1.82, 2.24) is 0 Å². The molecule has 0 bridgehead atoms. The van der Waals surface area contributed by atoms with E-state index < -0.39 is 0 Å². The van der Waals surface area contributed by atoms with Crippen LogP contribution in [0.5, 0.6) is 0 Å². The van der Waals surface area contributed by atoms with Crippen molar-refractivity contribution < 1.29 is 33.9 Å². The van der Waals surface area contributed by atoms with Gasteiger partial charge in [-0.15, -0.1) is 12.2 Å². The van der Waals surface area contributed by atoms with Crippen LogP contribution in [-0.4, -0.2) is 18.4 Å². The molecule has 3 nitrogen and oxygen atoms in total. The molecule has 0 heterocycles. The first-order valence-corrected chi connectivity index (χ1v) is 5.04. The van der Waals surface area contributed by atoms with Crippen LogP contribution in [0.1, 0.15) is 13.8 Å². The van der Waals surface area contributed by atoms with Gasteiger partial charge in [0.1, 0.15) is 0 Å². The van der Waals surface area contributed by atoms with Crippen molar-refractivity contribution in [2.45, 2.75) is 13.8 Å². The minimum Gasteiger partial charge on any atom is -0.545 e. The Morgan fingerprint density at radius 1 is 0.789 bits per heavy atom. The van der Waals surface area contributed by atoms with Gasteiger partial charge in [-0.25, -0.2) is 38.2 Å². The predicted molar refractivity (Wildman–Crippen MR) is 75.4 cm³/mol. The quantitative estimate of drug-likeness (QED) is 0.258. The molecule has 19 heavy (non-hydrogen) atoms. The van der Waals surface area contributed by atoms with Crippen molar-refractivity contribution >= 4 is 18.4 Å². The minimum absolute atomic E-state index is 0. The zero-order valence-corrected chi connectivity index (χ0v) is 12.9. The van der Waals surface area contributed by atoms with Crippen molar-refractivity contribution in [3.8, 4) is 0 Å². The second-order valence-electron chi connectivity index (χ2n) is 2.80. The van der Waals surface area contributed by atoms with Gasteiger partial charge in [0.25, 0.3) is 0 Å². The van der Waals surface area contributed by atoms with Crippen LogP contribution in [0.2, 0.25) is 0 Å². The van der Waals surface area contributed by atoms with Crippen LogP contribution in [0.15, 0.2) is 48.6 Å². The minimum atomic E-state index is 0. The topological polar surface area (TPSA) is 51.2 Å². The van der Waals surface area contributed by atoms with Gasteiger partial charge in [0, 0.05) is 0 Å². The summed E-state index contributed by atoms with van der Waals surface area (Å²) in [4.78, 5) is 28.1. The van der Waals surface area contributed by atoms with E-state index in [2.05, 4.69) is 20.6 Å². The van der Waals surface area contributed by atoms with E-state index in [-0.39, 0.29) is 31.0 Å². The fraction of sp³-hybridized carbons (Fsp3) is 0.133. The fourth-order valence-corrected chi connectivity index (χ4v) is 0.539. The number of hydrogen-bond donors (Lipinski definition) is 0. The van der Waals surface area contributed by atoms with E-state index in [4.69, 9.17) is 4.79 Å². The number of carbonyl (C=O) groups excluding carboxylic acids is 3. The monoisotopic (exact) mass is 349 g/mol. The maximum atomic E-state index is 10.2. The average molecular weight is 348 g/mol. The van der Waals surface area contributed by atoms with E-state index in [1.807, 2.05) is 0 Å². The van der Waals surface area contributed by atoms with E-state index in [9.17, 15) is 9.59 Å². The largest absolute Gasteiger partial charge is 3.00 e. The summed E-state index contributed by atoms with van der Waals surface area (Å²) in [6.45, 7) is 13.1. The van der Waals surface area contributed by atoms with Crippen LogP contribution in [0.3, 0.4) is 0 Å². The standard InChI is InChI=1S/2C7H9O.CHO.Ru/c2*1-3-4-5-6-7(2)8;1-2;/h2*3-6H,1H2,2H3;1H;/q3*-1;+3. The Morgan fingerprint density at radius 3 is 1.21 bits per heavy atom. The number of carbonyl (C=O) groups is 2. The van der Waals surface area contributed by atoms with Crippen LogP contribution in [0.4, 0.5) is 0 Å². The maximum absolute atomic E-state index is 10.2. The van der Waals surface area contributed by atoms with E-state index in [1.54, 1.807) is 36.5 Å². The van der Waals surface area contributed by atoms with Gasteiger partial charge in [0.2, 0.25) is 0 Å². The Balaban J connectivity index is -0.0000000999. The molecular formula is C15H19O3Ru. The Morgan fingerprint density at radius 2 is 1.05 bits per heavy atom. The molecule has 0 fully saturated rings. The van der Waals surface area contributed by atoms with Crippen molar-refractivity contribution in [2.24, 2.45) is 0 Å². The molecule has 0 unspecified atom stereocenters. The summed E-state index contributed by atoms with van der Waals surface area (Å²) in [5.74, 6) is 0.117. The Kier molecular flexibility index (Phi) is 34.6. The van der Waals surface area contributed by atoms with Crippen molar-refractivity contribution in [3.05, 3.63) is 62.5 Å². The van der Waals surface area contributed by atoms with Crippen molar-refractivity contribution in [2.75, 3.05) is 0 Å². The molecule has 4 heteroatoms. The Bertz CT molecular complexity index is 294. The van der Waals surface area contributed by atoms with Crippen LogP contribution in [0.25, 0.3) is 0 Å². The van der Waals surface area contributed by atoms with Crippen LogP contribution < -0.4 is 0 Å². The number of rotatable bonds is 4. The third-order valence-corrected chi connectivity index (χ3v) is 1.16. The van der Waals surface area contributed by atoms with Crippen LogP contribution >= 0.6 is 0 Å². The molecule has 0 aromatic heterocycles. The molecule has 0 aliphatic carbocycles. The second-order valence-corrected chi connectivity index (χ2v) is 2.80. The molecule has 0 spiro atoms. The first-order chi connectivity index (χ1) is 8.54. The van der Waals surface area contributed by atoms with Crippen molar-refractivity contribution in [3.63, 3.8) is 0 Å². The molecule has 0 aromatic rings. The summed E-state index contributed by atoms with van der Waals surface area (Å²) in [6.07, 6.45) is 13.0. The second kappa shape index (κ2) is 25.2. The predicted octanol–water partition coefficient (Wildman–Crippen LogP) is 2.77. The van der Waals surface area contributed by atoms with Gasteiger partial charge in [-0.1, -0.05) is 0 Å². The third kappa shape index (κ3) is 48.3. The van der Waals surface area contributed by atoms with E-state index in [1.165, 1.54) is 26.0 Å². The zero-order valence-electron chi connectivity index (χ0n) is 11.2. The van der Waals surface area contributed by atoms with Gasteiger partial charge in [-0.05, 0) is 26.0 Å². The first-order valence-electron chi connectivity index (χ1n) is 5.04. The summed E-state index contributed by atoms with van der Waals surface area (Å²) in [5, 5.41) is 0. The van der Waals surface area contributed by atoms with E-state index >= 15 is 0 Å². The average Bonchev–Trinajstić information content (AvgIpc) is 2.32. The van der Waals surface area contributed by atoms with Gasteiger partial charge in [0.15, 0.2) is 11.6 Å². The van der Waals surface area contributed by atoms with Gasteiger partial charge < -0.3 is 4.79 Å². The summed E-state index contributed by atoms with van der Waals surface area (Å²) in [6, 6.07) is 0. The molecular weight excluding hydrogens is 329 g/mol. The molecule has 0 saturated carbocycles. The first kappa shape index (κ1) is 26.0. The van der Waals surface area contributed by atoms with Crippen LogP contribution in [0, 0.1) is 13.8 Å². The van der Waals surface area contributed by atoms with Gasteiger partial charge in [-0.3, -0.25) is 16.4 Å². The molecule has 0 N–H and O–H groups in total. The van der Waals surface area contributed by atoms with Gasteiger partial charge in [0.05, 0.1) is 0 Å². The van der Waals surface area contributed by atoms with Crippen LogP contribution in [-0.2, 0) is 33.9 Å². The number of hydrogen-bond acceptors (Lipinski definition) is 3. The third-order valence-electron chi connectivity index (χ3n) is 1.16. The Labute approximate surface area is 128 Å². The summed E-state index contributed by atoms with van der Waals surface area (Å²) < 4.78 is 0. The molecule has 1 radical (unpaired) electrons. The normalized spacial score (nSPS) is 9.58. The SMILES string of the molecule is [CH-]=O.[CH2-]C=CC=CC(C)=O.[CH2-]C=CC=CC(C)=O.[Ru+3]. The molecule has 0 rings (SSSR count). The molecule has 0 saturated heterocycles. The smallest absolute Gasteiger partial charge is 0.545 e. The van der Waals surface area contributed by atoms with Crippen molar-refractivity contribution in [1.29, 1.82) is 0 Å².